The van der Waals surface area contributed by atoms with Gasteiger partial charge >= 0.3 is 12.1 Å². The number of benzene rings is 1. The van der Waals surface area contributed by atoms with Crippen LogP contribution in [-0.2, 0) is 14.8 Å². The van der Waals surface area contributed by atoms with Crippen LogP contribution in [0.5, 0.6) is 0 Å². The molecule has 0 heterocycles. The lowest BCUT2D eigenvalue weighted by Gasteiger charge is -2.23. The van der Waals surface area contributed by atoms with Crippen LogP contribution in [0.1, 0.15) is 29.6 Å². The monoisotopic (exact) mass is 365 g/mol. The fourth-order valence-electron chi connectivity index (χ4n) is 2.18. The van der Waals surface area contributed by atoms with E-state index in [2.05, 4.69) is 4.74 Å². The second-order valence-corrected chi connectivity index (χ2v) is 7.63. The van der Waals surface area contributed by atoms with Gasteiger partial charge in [-0.1, -0.05) is 0 Å². The Morgan fingerprint density at radius 3 is 2.29 bits per heavy atom. The maximum absolute atomic E-state index is 12.6. The molecule has 0 N–H and O–H groups in total. The van der Waals surface area contributed by atoms with E-state index >= 15 is 0 Å². The fourth-order valence-corrected chi connectivity index (χ4v) is 3.70. The molecule has 1 fully saturated rings. The zero-order chi connectivity index (χ0) is 18.0. The summed E-state index contributed by atoms with van der Waals surface area (Å²) in [7, 11) is -2.85. The van der Waals surface area contributed by atoms with Crippen LogP contribution in [0, 0.1) is 5.92 Å². The van der Waals surface area contributed by atoms with Gasteiger partial charge in [0.1, 0.15) is 0 Å². The molecule has 0 bridgehead atoms. The number of carbonyl (C=O) groups is 1. The maximum atomic E-state index is 12.6. The minimum absolute atomic E-state index is 0.0805. The third-order valence-electron chi connectivity index (χ3n) is 3.72. The Balaban J connectivity index is 2.20. The van der Waals surface area contributed by atoms with Crippen LogP contribution in [-0.4, -0.2) is 45.1 Å². The normalized spacial score (nSPS) is 15.5. The second kappa shape index (κ2) is 7.10. The first kappa shape index (κ1) is 18.7. The van der Waals surface area contributed by atoms with Crippen LogP contribution < -0.4 is 0 Å². The van der Waals surface area contributed by atoms with Gasteiger partial charge in [-0.05, 0) is 43.0 Å². The van der Waals surface area contributed by atoms with Gasteiger partial charge in [0.15, 0.2) is 0 Å². The van der Waals surface area contributed by atoms with E-state index in [0.29, 0.717) is 0 Å². The Morgan fingerprint density at radius 1 is 1.25 bits per heavy atom. The molecule has 9 heteroatoms. The van der Waals surface area contributed by atoms with Crippen molar-refractivity contribution in [3.63, 3.8) is 0 Å². The van der Waals surface area contributed by atoms with E-state index in [1.54, 1.807) is 0 Å². The second-order valence-electron chi connectivity index (χ2n) is 5.69. The molecule has 24 heavy (non-hydrogen) atoms. The van der Waals surface area contributed by atoms with E-state index < -0.39 is 35.1 Å². The third-order valence-corrected chi connectivity index (χ3v) is 5.60. The Kier molecular flexibility index (Phi) is 5.54. The lowest BCUT2D eigenvalue weighted by Crippen LogP contribution is -2.35. The van der Waals surface area contributed by atoms with Crippen LogP contribution in [0.4, 0.5) is 13.2 Å². The van der Waals surface area contributed by atoms with Crippen molar-refractivity contribution in [3.8, 4) is 0 Å². The molecule has 1 aromatic carbocycles. The van der Waals surface area contributed by atoms with Crippen molar-refractivity contribution in [2.45, 2.75) is 30.3 Å². The summed E-state index contributed by atoms with van der Waals surface area (Å²) in [6.45, 7) is -0.530. The van der Waals surface area contributed by atoms with E-state index in [1.807, 2.05) is 0 Å². The van der Waals surface area contributed by atoms with Crippen molar-refractivity contribution in [3.05, 3.63) is 29.8 Å². The van der Waals surface area contributed by atoms with E-state index in [0.717, 1.165) is 17.1 Å². The molecule has 0 aliphatic heterocycles. The number of rotatable bonds is 7. The van der Waals surface area contributed by atoms with E-state index in [4.69, 9.17) is 0 Å². The lowest BCUT2D eigenvalue weighted by molar-refractivity contribution is -0.135. The third kappa shape index (κ3) is 4.94. The number of methoxy groups -OCH3 is 1. The van der Waals surface area contributed by atoms with Gasteiger partial charge in [-0.2, -0.15) is 17.5 Å². The molecule has 0 radical (unpaired) electrons. The summed E-state index contributed by atoms with van der Waals surface area (Å²) in [6.07, 6.45) is -3.98. The van der Waals surface area contributed by atoms with Crippen molar-refractivity contribution in [2.24, 2.45) is 5.92 Å². The molecule has 1 aliphatic carbocycles. The average Bonchev–Trinajstić information content (AvgIpc) is 3.33. The Bertz CT molecular complexity index is 682. The molecule has 134 valence electrons. The van der Waals surface area contributed by atoms with Crippen LogP contribution in [0.25, 0.3) is 0 Å². The summed E-state index contributed by atoms with van der Waals surface area (Å²) < 4.78 is 68.0. The number of esters is 1. The highest BCUT2D eigenvalue weighted by molar-refractivity contribution is 7.89. The number of alkyl halides is 3. The quantitative estimate of drug-likeness (QED) is 0.697. The first-order valence-electron chi connectivity index (χ1n) is 7.39. The van der Waals surface area contributed by atoms with Crippen molar-refractivity contribution in [1.82, 2.24) is 4.31 Å². The van der Waals surface area contributed by atoms with Crippen LogP contribution in [0.15, 0.2) is 29.2 Å². The number of sulfonamides is 1. The molecule has 0 saturated heterocycles. The summed E-state index contributed by atoms with van der Waals surface area (Å²) in [5.41, 5.74) is 0.167. The van der Waals surface area contributed by atoms with Gasteiger partial charge < -0.3 is 4.74 Å². The number of nitrogens with zero attached hydrogens (tertiary/aromatic N) is 1. The molecular weight excluding hydrogens is 347 g/mol. The highest BCUT2D eigenvalue weighted by Crippen LogP contribution is 2.32. The summed E-state index contributed by atoms with van der Waals surface area (Å²) in [6, 6.07) is 4.96. The molecular formula is C15H18F3NO4S. The van der Waals surface area contributed by atoms with E-state index in [-0.39, 0.29) is 22.9 Å². The smallest absolute Gasteiger partial charge is 0.390 e. The topological polar surface area (TPSA) is 63.7 Å². The van der Waals surface area contributed by atoms with E-state index in [9.17, 15) is 26.4 Å². The average molecular weight is 365 g/mol. The molecule has 0 unspecified atom stereocenters. The van der Waals surface area contributed by atoms with Gasteiger partial charge in [-0.15, -0.1) is 0 Å². The summed E-state index contributed by atoms with van der Waals surface area (Å²) >= 11 is 0. The molecule has 0 atom stereocenters. The SMILES string of the molecule is COC(=O)c1ccc(S(=O)(=O)N(CCC(F)(F)F)CC2CC2)cc1. The number of halogens is 3. The predicted molar refractivity (Wildman–Crippen MR) is 79.9 cm³/mol. The van der Waals surface area contributed by atoms with Crippen LogP contribution >= 0.6 is 0 Å². The standard InChI is InChI=1S/C15H18F3NO4S/c1-23-14(20)12-4-6-13(7-5-12)24(21,22)19(10-11-2-3-11)9-8-15(16,17)18/h4-7,11H,2-3,8-10H2,1H3. The predicted octanol–water partition coefficient (Wildman–Crippen LogP) is 2.83. The first-order valence-corrected chi connectivity index (χ1v) is 8.83. The van der Waals surface area contributed by atoms with E-state index in [1.165, 1.54) is 31.4 Å². The molecule has 1 aliphatic rings. The van der Waals surface area contributed by atoms with Crippen molar-refractivity contribution >= 4 is 16.0 Å². The molecule has 0 aromatic heterocycles. The number of hydrogen-bond donors (Lipinski definition) is 0. The Morgan fingerprint density at radius 2 is 1.83 bits per heavy atom. The summed E-state index contributed by atoms with van der Waals surface area (Å²) in [4.78, 5) is 11.2. The first-order chi connectivity index (χ1) is 11.1. The summed E-state index contributed by atoms with van der Waals surface area (Å²) in [5, 5.41) is 0. The minimum Gasteiger partial charge on any atom is -0.465 e. The van der Waals surface area contributed by atoms with Crippen LogP contribution in [0.3, 0.4) is 0 Å². The zero-order valence-electron chi connectivity index (χ0n) is 13.0. The van der Waals surface area contributed by atoms with Crippen molar-refractivity contribution in [1.29, 1.82) is 0 Å². The van der Waals surface area contributed by atoms with Gasteiger partial charge in [0.05, 0.1) is 24.0 Å². The number of ether oxygens (including phenoxy) is 1. The lowest BCUT2D eigenvalue weighted by atomic mass is 10.2. The fraction of sp³-hybridized carbons (Fsp3) is 0.533. The van der Waals surface area contributed by atoms with Gasteiger partial charge in [0, 0.05) is 13.1 Å². The van der Waals surface area contributed by atoms with Crippen LogP contribution in [0.2, 0.25) is 0 Å². The van der Waals surface area contributed by atoms with Gasteiger partial charge in [0.2, 0.25) is 10.0 Å². The highest BCUT2D eigenvalue weighted by Gasteiger charge is 2.35. The van der Waals surface area contributed by atoms with Gasteiger partial charge in [-0.3, -0.25) is 0 Å². The molecule has 0 spiro atoms. The summed E-state index contributed by atoms with van der Waals surface area (Å²) in [5.74, 6) is -0.506. The van der Waals surface area contributed by atoms with Crippen molar-refractivity contribution < 1.29 is 31.1 Å². The maximum Gasteiger partial charge on any atom is 0.390 e. The molecule has 1 saturated carbocycles. The number of carbonyl (C=O) groups excluding carboxylic acids is 1. The highest BCUT2D eigenvalue weighted by atomic mass is 32.2. The molecule has 0 amide bonds. The number of hydrogen-bond acceptors (Lipinski definition) is 4. The van der Waals surface area contributed by atoms with Gasteiger partial charge in [0.25, 0.3) is 0 Å². The molecule has 5 nitrogen and oxygen atoms in total. The Hall–Kier alpha value is -1.61. The molecule has 2 rings (SSSR count). The minimum atomic E-state index is -4.42. The largest absolute Gasteiger partial charge is 0.465 e. The van der Waals surface area contributed by atoms with Gasteiger partial charge in [-0.25, -0.2) is 13.2 Å². The zero-order valence-corrected chi connectivity index (χ0v) is 13.9. The van der Waals surface area contributed by atoms with Crippen molar-refractivity contribution in [2.75, 3.05) is 20.2 Å². The molecule has 1 aromatic rings. The Labute approximate surface area is 138 Å².